The summed E-state index contributed by atoms with van der Waals surface area (Å²) in [5.74, 6) is 0. The third-order valence-electron chi connectivity index (χ3n) is 4.24. The molecule has 102 valence electrons. The van der Waals surface area contributed by atoms with Gasteiger partial charge in [-0.1, -0.05) is 19.1 Å². The fraction of sp³-hybridized carbons (Fsp3) is 0.625. The quantitative estimate of drug-likeness (QED) is 0.866. The van der Waals surface area contributed by atoms with Crippen molar-refractivity contribution < 1.29 is 0 Å². The first-order chi connectivity index (χ1) is 8.42. The number of likely N-dealkylation sites (N-methyl/N-ethyl adjacent to an activating group) is 1. The lowest BCUT2D eigenvalue weighted by atomic mass is 9.94. The monoisotopic (exact) mass is 248 g/mol. The average molecular weight is 248 g/mol. The second-order valence-corrected chi connectivity index (χ2v) is 5.47. The molecule has 0 amide bonds. The zero-order valence-corrected chi connectivity index (χ0v) is 12.7. The van der Waals surface area contributed by atoms with Crippen LogP contribution in [0.5, 0.6) is 0 Å². The Morgan fingerprint density at radius 3 is 2.17 bits per heavy atom. The maximum atomic E-state index is 6.01. The SMILES string of the molecule is CCC(C)N(C)C(CN)c1cc(C)c(C)cc1C. The molecule has 0 radical (unpaired) electrons. The van der Waals surface area contributed by atoms with Gasteiger partial charge in [-0.05, 0) is 63.4 Å². The lowest BCUT2D eigenvalue weighted by molar-refractivity contribution is 0.184. The molecule has 1 aromatic carbocycles. The number of hydrogen-bond acceptors (Lipinski definition) is 2. The van der Waals surface area contributed by atoms with E-state index < -0.39 is 0 Å². The Morgan fingerprint density at radius 2 is 1.67 bits per heavy atom. The lowest BCUT2D eigenvalue weighted by Gasteiger charge is -2.33. The van der Waals surface area contributed by atoms with Crippen molar-refractivity contribution in [1.29, 1.82) is 0 Å². The van der Waals surface area contributed by atoms with E-state index in [2.05, 4.69) is 58.7 Å². The van der Waals surface area contributed by atoms with Crippen LogP contribution >= 0.6 is 0 Å². The minimum Gasteiger partial charge on any atom is -0.329 e. The van der Waals surface area contributed by atoms with Crippen molar-refractivity contribution in [2.24, 2.45) is 5.73 Å². The summed E-state index contributed by atoms with van der Waals surface area (Å²) in [4.78, 5) is 2.40. The van der Waals surface area contributed by atoms with E-state index in [1.165, 1.54) is 22.3 Å². The largest absolute Gasteiger partial charge is 0.329 e. The van der Waals surface area contributed by atoms with Crippen LogP contribution in [-0.4, -0.2) is 24.5 Å². The van der Waals surface area contributed by atoms with Gasteiger partial charge in [0.25, 0.3) is 0 Å². The van der Waals surface area contributed by atoms with Crippen molar-refractivity contribution in [3.05, 3.63) is 34.4 Å². The van der Waals surface area contributed by atoms with Crippen molar-refractivity contribution in [2.45, 2.75) is 53.1 Å². The molecule has 0 saturated carbocycles. The van der Waals surface area contributed by atoms with E-state index in [9.17, 15) is 0 Å². The van der Waals surface area contributed by atoms with Gasteiger partial charge >= 0.3 is 0 Å². The number of nitrogens with zero attached hydrogens (tertiary/aromatic N) is 1. The Hall–Kier alpha value is -0.860. The minimum absolute atomic E-state index is 0.319. The Balaban J connectivity index is 3.13. The molecule has 18 heavy (non-hydrogen) atoms. The Morgan fingerprint density at radius 1 is 1.11 bits per heavy atom. The van der Waals surface area contributed by atoms with Crippen molar-refractivity contribution >= 4 is 0 Å². The predicted octanol–water partition coefficient (Wildman–Crippen LogP) is 3.34. The number of benzene rings is 1. The first kappa shape index (κ1) is 15.2. The Labute approximate surface area is 112 Å². The maximum Gasteiger partial charge on any atom is 0.0472 e. The minimum atomic E-state index is 0.319. The predicted molar refractivity (Wildman–Crippen MR) is 80.0 cm³/mol. The second kappa shape index (κ2) is 6.35. The van der Waals surface area contributed by atoms with E-state index in [4.69, 9.17) is 5.73 Å². The van der Waals surface area contributed by atoms with Crippen LogP contribution in [0.25, 0.3) is 0 Å². The molecule has 0 aliphatic carbocycles. The summed E-state index contributed by atoms with van der Waals surface area (Å²) in [7, 11) is 2.18. The third kappa shape index (κ3) is 3.12. The van der Waals surface area contributed by atoms with Gasteiger partial charge in [0.05, 0.1) is 0 Å². The van der Waals surface area contributed by atoms with Crippen molar-refractivity contribution in [3.63, 3.8) is 0 Å². The van der Waals surface area contributed by atoms with Crippen LogP contribution in [0, 0.1) is 20.8 Å². The highest BCUT2D eigenvalue weighted by Gasteiger charge is 2.21. The summed E-state index contributed by atoms with van der Waals surface area (Å²) in [6.07, 6.45) is 1.15. The summed E-state index contributed by atoms with van der Waals surface area (Å²) >= 11 is 0. The van der Waals surface area contributed by atoms with Crippen LogP contribution in [0.4, 0.5) is 0 Å². The summed E-state index contributed by atoms with van der Waals surface area (Å²) < 4.78 is 0. The van der Waals surface area contributed by atoms with E-state index in [-0.39, 0.29) is 0 Å². The zero-order chi connectivity index (χ0) is 13.9. The normalized spacial score (nSPS) is 14.9. The van der Waals surface area contributed by atoms with Crippen LogP contribution in [0.2, 0.25) is 0 Å². The molecular weight excluding hydrogens is 220 g/mol. The summed E-state index contributed by atoms with van der Waals surface area (Å²) in [6, 6.07) is 5.46. The van der Waals surface area contributed by atoms with Gasteiger partial charge in [0.2, 0.25) is 0 Å². The van der Waals surface area contributed by atoms with Crippen molar-refractivity contribution in [3.8, 4) is 0 Å². The van der Waals surface area contributed by atoms with Gasteiger partial charge < -0.3 is 5.73 Å². The summed E-state index contributed by atoms with van der Waals surface area (Å²) in [5.41, 5.74) is 11.5. The van der Waals surface area contributed by atoms with E-state index in [1.54, 1.807) is 0 Å². The number of aryl methyl sites for hydroxylation is 3. The summed E-state index contributed by atoms with van der Waals surface area (Å²) in [5, 5.41) is 0. The van der Waals surface area contributed by atoms with Gasteiger partial charge in [-0.3, -0.25) is 4.90 Å². The van der Waals surface area contributed by atoms with Gasteiger partial charge in [-0.2, -0.15) is 0 Å². The van der Waals surface area contributed by atoms with Crippen LogP contribution in [0.1, 0.15) is 48.6 Å². The van der Waals surface area contributed by atoms with Crippen LogP contribution < -0.4 is 5.73 Å². The molecule has 2 nitrogen and oxygen atoms in total. The van der Waals surface area contributed by atoms with Crippen LogP contribution in [0.3, 0.4) is 0 Å². The molecule has 0 saturated heterocycles. The highest BCUT2D eigenvalue weighted by atomic mass is 15.2. The number of hydrogen-bond donors (Lipinski definition) is 1. The van der Waals surface area contributed by atoms with E-state index in [0.29, 0.717) is 18.6 Å². The molecule has 2 N–H and O–H groups in total. The molecular formula is C16H28N2. The molecule has 0 fully saturated rings. The standard InChI is InChI=1S/C16H28N2/c1-7-14(5)18(6)16(10-17)15-9-12(3)11(2)8-13(15)4/h8-9,14,16H,7,10,17H2,1-6H3. The number of rotatable bonds is 5. The molecule has 1 aromatic rings. The topological polar surface area (TPSA) is 29.3 Å². The molecule has 0 spiro atoms. The molecule has 0 aromatic heterocycles. The van der Waals surface area contributed by atoms with E-state index in [1.807, 2.05) is 0 Å². The molecule has 0 bridgehead atoms. The molecule has 1 rings (SSSR count). The van der Waals surface area contributed by atoms with Crippen molar-refractivity contribution in [1.82, 2.24) is 4.90 Å². The van der Waals surface area contributed by atoms with E-state index >= 15 is 0 Å². The number of nitrogens with two attached hydrogens (primary N) is 1. The smallest absolute Gasteiger partial charge is 0.0472 e. The Bertz CT molecular complexity index is 398. The molecule has 2 heteroatoms. The van der Waals surface area contributed by atoms with Gasteiger partial charge in [0, 0.05) is 18.6 Å². The zero-order valence-electron chi connectivity index (χ0n) is 12.7. The van der Waals surface area contributed by atoms with Gasteiger partial charge in [-0.15, -0.1) is 0 Å². The molecule has 0 aliphatic rings. The maximum absolute atomic E-state index is 6.01. The van der Waals surface area contributed by atoms with Crippen molar-refractivity contribution in [2.75, 3.05) is 13.6 Å². The molecule has 2 unspecified atom stereocenters. The molecule has 0 aliphatic heterocycles. The Kier molecular flexibility index (Phi) is 5.36. The second-order valence-electron chi connectivity index (χ2n) is 5.47. The van der Waals surface area contributed by atoms with Crippen LogP contribution in [-0.2, 0) is 0 Å². The van der Waals surface area contributed by atoms with Gasteiger partial charge in [0.15, 0.2) is 0 Å². The lowest BCUT2D eigenvalue weighted by Crippen LogP contribution is -2.37. The van der Waals surface area contributed by atoms with E-state index in [0.717, 1.165) is 6.42 Å². The fourth-order valence-corrected chi connectivity index (χ4v) is 2.45. The first-order valence-electron chi connectivity index (χ1n) is 6.92. The van der Waals surface area contributed by atoms with Gasteiger partial charge in [-0.25, -0.2) is 0 Å². The fourth-order valence-electron chi connectivity index (χ4n) is 2.45. The van der Waals surface area contributed by atoms with Crippen LogP contribution in [0.15, 0.2) is 12.1 Å². The molecule has 0 heterocycles. The highest BCUT2D eigenvalue weighted by molar-refractivity contribution is 5.38. The average Bonchev–Trinajstić information content (AvgIpc) is 2.35. The third-order valence-corrected chi connectivity index (χ3v) is 4.24. The summed E-state index contributed by atoms with van der Waals surface area (Å²) in [6.45, 7) is 11.7. The first-order valence-corrected chi connectivity index (χ1v) is 6.92. The molecule has 2 atom stereocenters. The highest BCUT2D eigenvalue weighted by Crippen LogP contribution is 2.26. The van der Waals surface area contributed by atoms with Gasteiger partial charge in [0.1, 0.15) is 0 Å².